The zero-order valence-electron chi connectivity index (χ0n) is 17.8. The number of hydrogen-bond acceptors (Lipinski definition) is 4. The molecular formula is C24H32O4. The molecule has 152 valence electrons. The van der Waals surface area contributed by atoms with Crippen molar-refractivity contribution >= 4 is 0 Å². The van der Waals surface area contributed by atoms with Crippen molar-refractivity contribution in [3.63, 3.8) is 0 Å². The van der Waals surface area contributed by atoms with Gasteiger partial charge in [-0.1, -0.05) is 65.8 Å². The summed E-state index contributed by atoms with van der Waals surface area (Å²) < 4.78 is 23.6. The summed E-state index contributed by atoms with van der Waals surface area (Å²) in [6.45, 7) is 14.1. The van der Waals surface area contributed by atoms with E-state index in [1.165, 1.54) is 11.1 Å². The Kier molecular flexibility index (Phi) is 6.01. The largest absolute Gasteiger partial charge is 0.458 e. The zero-order chi connectivity index (χ0) is 20.4. The van der Waals surface area contributed by atoms with Crippen LogP contribution in [0.5, 0.6) is 11.5 Å². The number of benzene rings is 2. The van der Waals surface area contributed by atoms with Gasteiger partial charge in [0.2, 0.25) is 0 Å². The molecule has 2 unspecified atom stereocenters. The van der Waals surface area contributed by atoms with E-state index in [1.807, 2.05) is 24.3 Å². The van der Waals surface area contributed by atoms with Crippen LogP contribution in [0, 0.1) is 0 Å². The molecular weight excluding hydrogens is 352 g/mol. The summed E-state index contributed by atoms with van der Waals surface area (Å²) in [6, 6.07) is 16.2. The first kappa shape index (κ1) is 20.7. The summed E-state index contributed by atoms with van der Waals surface area (Å²) in [7, 11) is 0. The fraction of sp³-hybridized carbons (Fsp3) is 0.500. The molecule has 1 heterocycles. The summed E-state index contributed by atoms with van der Waals surface area (Å²) in [6.07, 6.45) is -1.23. The van der Waals surface area contributed by atoms with Gasteiger partial charge in [-0.15, -0.1) is 0 Å². The van der Waals surface area contributed by atoms with Gasteiger partial charge < -0.3 is 18.9 Å². The second kappa shape index (κ2) is 8.14. The molecule has 4 heteroatoms. The highest BCUT2D eigenvalue weighted by molar-refractivity contribution is 5.32. The second-order valence-corrected chi connectivity index (χ2v) is 9.26. The zero-order valence-corrected chi connectivity index (χ0v) is 17.8. The molecule has 0 saturated carbocycles. The standard InChI is InChI=1S/C24H32O4/c1-23(2,3)17-7-11-19(12-8-17)27-21-22(26-16-15-25-21)28-20-13-9-18(10-14-20)24(4,5)6/h7-14,21-22H,15-16H2,1-6H3. The molecule has 2 aromatic carbocycles. The third kappa shape index (κ3) is 5.27. The predicted octanol–water partition coefficient (Wildman–Crippen LogP) is 5.44. The second-order valence-electron chi connectivity index (χ2n) is 9.26. The molecule has 0 spiro atoms. The van der Waals surface area contributed by atoms with Gasteiger partial charge in [-0.2, -0.15) is 0 Å². The molecule has 0 N–H and O–H groups in total. The molecule has 1 saturated heterocycles. The third-order valence-corrected chi connectivity index (χ3v) is 4.81. The molecule has 0 aliphatic carbocycles. The smallest absolute Gasteiger partial charge is 0.263 e. The fourth-order valence-corrected chi connectivity index (χ4v) is 3.00. The average Bonchev–Trinajstić information content (AvgIpc) is 2.63. The van der Waals surface area contributed by atoms with E-state index < -0.39 is 12.6 Å². The van der Waals surface area contributed by atoms with Crippen molar-refractivity contribution in [2.75, 3.05) is 13.2 Å². The molecule has 2 atom stereocenters. The monoisotopic (exact) mass is 384 g/mol. The third-order valence-electron chi connectivity index (χ3n) is 4.81. The van der Waals surface area contributed by atoms with Crippen molar-refractivity contribution in [3.8, 4) is 11.5 Å². The molecule has 0 bridgehead atoms. The minimum absolute atomic E-state index is 0.105. The number of hydrogen-bond donors (Lipinski definition) is 0. The SMILES string of the molecule is CC(C)(C)c1ccc(OC2OCCOC2Oc2ccc(C(C)(C)C)cc2)cc1. The van der Waals surface area contributed by atoms with E-state index in [9.17, 15) is 0 Å². The van der Waals surface area contributed by atoms with Gasteiger partial charge in [0.1, 0.15) is 11.5 Å². The first-order valence-electron chi connectivity index (χ1n) is 9.90. The van der Waals surface area contributed by atoms with E-state index in [2.05, 4.69) is 65.8 Å². The van der Waals surface area contributed by atoms with Crippen LogP contribution in [-0.2, 0) is 20.3 Å². The van der Waals surface area contributed by atoms with Gasteiger partial charge in [0.05, 0.1) is 13.2 Å². The Morgan fingerprint density at radius 3 is 1.21 bits per heavy atom. The lowest BCUT2D eigenvalue weighted by Crippen LogP contribution is -2.45. The molecule has 3 rings (SSSR count). The highest BCUT2D eigenvalue weighted by Gasteiger charge is 2.31. The first-order valence-corrected chi connectivity index (χ1v) is 9.90. The van der Waals surface area contributed by atoms with Crippen molar-refractivity contribution in [2.24, 2.45) is 0 Å². The Morgan fingerprint density at radius 2 is 0.929 bits per heavy atom. The van der Waals surface area contributed by atoms with E-state index in [1.54, 1.807) is 0 Å². The minimum atomic E-state index is -0.614. The van der Waals surface area contributed by atoms with Crippen LogP contribution in [0.1, 0.15) is 52.7 Å². The van der Waals surface area contributed by atoms with Crippen LogP contribution in [0.15, 0.2) is 48.5 Å². The lowest BCUT2D eigenvalue weighted by Gasteiger charge is -2.32. The van der Waals surface area contributed by atoms with Crippen LogP contribution in [-0.4, -0.2) is 25.8 Å². The van der Waals surface area contributed by atoms with E-state index >= 15 is 0 Å². The van der Waals surface area contributed by atoms with E-state index in [0.717, 1.165) is 11.5 Å². The normalized spacial score (nSPS) is 20.6. The molecule has 2 aromatic rings. The molecule has 0 radical (unpaired) electrons. The van der Waals surface area contributed by atoms with Crippen molar-refractivity contribution in [2.45, 2.75) is 65.0 Å². The Hall–Kier alpha value is -2.04. The highest BCUT2D eigenvalue weighted by Crippen LogP contribution is 2.28. The van der Waals surface area contributed by atoms with Gasteiger partial charge in [0.25, 0.3) is 12.6 Å². The van der Waals surface area contributed by atoms with Crippen molar-refractivity contribution in [1.82, 2.24) is 0 Å². The van der Waals surface area contributed by atoms with E-state index in [-0.39, 0.29) is 10.8 Å². The number of ether oxygens (including phenoxy) is 4. The van der Waals surface area contributed by atoms with E-state index in [0.29, 0.717) is 13.2 Å². The molecule has 1 aliphatic heterocycles. The van der Waals surface area contributed by atoms with Gasteiger partial charge >= 0.3 is 0 Å². The molecule has 0 aromatic heterocycles. The summed E-state index contributed by atoms with van der Waals surface area (Å²) in [5.74, 6) is 1.47. The van der Waals surface area contributed by atoms with Crippen LogP contribution < -0.4 is 9.47 Å². The molecule has 0 amide bonds. The van der Waals surface area contributed by atoms with Gasteiger partial charge in [-0.3, -0.25) is 0 Å². The Labute approximate surface area is 168 Å². The summed E-state index contributed by atoms with van der Waals surface area (Å²) in [5.41, 5.74) is 2.72. The minimum Gasteiger partial charge on any atom is -0.458 e. The highest BCUT2D eigenvalue weighted by atomic mass is 16.8. The molecule has 1 aliphatic rings. The van der Waals surface area contributed by atoms with Gasteiger partial charge in [0, 0.05) is 0 Å². The molecule has 4 nitrogen and oxygen atoms in total. The van der Waals surface area contributed by atoms with E-state index in [4.69, 9.17) is 18.9 Å². The van der Waals surface area contributed by atoms with Crippen LogP contribution in [0.4, 0.5) is 0 Å². The van der Waals surface area contributed by atoms with Gasteiger partial charge in [-0.25, -0.2) is 0 Å². The maximum absolute atomic E-state index is 6.01. The van der Waals surface area contributed by atoms with Crippen LogP contribution in [0.3, 0.4) is 0 Å². The lowest BCUT2D eigenvalue weighted by atomic mass is 9.87. The topological polar surface area (TPSA) is 36.9 Å². The molecule has 28 heavy (non-hydrogen) atoms. The van der Waals surface area contributed by atoms with Crippen LogP contribution in [0.2, 0.25) is 0 Å². The van der Waals surface area contributed by atoms with Crippen molar-refractivity contribution in [1.29, 1.82) is 0 Å². The van der Waals surface area contributed by atoms with Crippen LogP contribution >= 0.6 is 0 Å². The fourth-order valence-electron chi connectivity index (χ4n) is 3.00. The predicted molar refractivity (Wildman–Crippen MR) is 111 cm³/mol. The van der Waals surface area contributed by atoms with Crippen molar-refractivity contribution < 1.29 is 18.9 Å². The van der Waals surface area contributed by atoms with Crippen LogP contribution in [0.25, 0.3) is 0 Å². The maximum Gasteiger partial charge on any atom is 0.263 e. The Morgan fingerprint density at radius 1 is 0.607 bits per heavy atom. The summed E-state index contributed by atoms with van der Waals surface area (Å²) in [5, 5.41) is 0. The first-order chi connectivity index (χ1) is 13.1. The Balaban J connectivity index is 1.67. The summed E-state index contributed by atoms with van der Waals surface area (Å²) >= 11 is 0. The number of rotatable bonds is 4. The summed E-state index contributed by atoms with van der Waals surface area (Å²) in [4.78, 5) is 0. The Bertz CT molecular complexity index is 684. The van der Waals surface area contributed by atoms with Gasteiger partial charge in [0.15, 0.2) is 0 Å². The quantitative estimate of drug-likeness (QED) is 0.703. The van der Waals surface area contributed by atoms with Gasteiger partial charge in [-0.05, 0) is 46.2 Å². The maximum atomic E-state index is 6.01. The lowest BCUT2D eigenvalue weighted by molar-refractivity contribution is -0.271. The molecule has 1 fully saturated rings. The van der Waals surface area contributed by atoms with Crippen molar-refractivity contribution in [3.05, 3.63) is 59.7 Å². The average molecular weight is 385 g/mol.